The normalized spacial score (nSPS) is 11.8. The van der Waals surface area contributed by atoms with E-state index in [2.05, 4.69) is 121 Å². The van der Waals surface area contributed by atoms with Gasteiger partial charge in [-0.15, -0.1) is 0 Å². The van der Waals surface area contributed by atoms with E-state index in [0.717, 1.165) is 33.0 Å². The number of hydrogen-bond donors (Lipinski definition) is 1. The fourth-order valence-electron chi connectivity index (χ4n) is 6.01. The highest BCUT2D eigenvalue weighted by molar-refractivity contribution is 6.25. The lowest BCUT2D eigenvalue weighted by Gasteiger charge is -2.14. The predicted octanol–water partition coefficient (Wildman–Crippen LogP) is 10.8. The summed E-state index contributed by atoms with van der Waals surface area (Å²) in [4.78, 5) is 4.39. The van der Waals surface area contributed by atoms with Gasteiger partial charge in [-0.3, -0.25) is 5.41 Å². The Labute approximate surface area is 245 Å². The van der Waals surface area contributed by atoms with Crippen LogP contribution in [0.1, 0.15) is 5.56 Å². The van der Waals surface area contributed by atoms with Crippen LogP contribution >= 0.6 is 0 Å². The van der Waals surface area contributed by atoms with Gasteiger partial charge >= 0.3 is 0 Å². The third-order valence-electron chi connectivity index (χ3n) is 7.97. The lowest BCUT2D eigenvalue weighted by atomic mass is 9.90. The van der Waals surface area contributed by atoms with Crippen LogP contribution in [0.5, 0.6) is 0 Å². The first kappa shape index (κ1) is 25.4. The minimum absolute atomic E-state index is 0.224. The van der Waals surface area contributed by atoms with Crippen LogP contribution < -0.4 is 0 Å². The summed E-state index contributed by atoms with van der Waals surface area (Å²) in [6.45, 7) is 3.69. The Morgan fingerprint density at radius 3 is 1.74 bits per heavy atom. The third-order valence-corrected chi connectivity index (χ3v) is 7.97. The van der Waals surface area contributed by atoms with Crippen molar-refractivity contribution in [3.05, 3.63) is 158 Å². The zero-order valence-corrected chi connectivity index (χ0v) is 23.1. The van der Waals surface area contributed by atoms with Crippen molar-refractivity contribution in [2.75, 3.05) is 0 Å². The van der Waals surface area contributed by atoms with E-state index in [0.29, 0.717) is 0 Å². The fraction of sp³-hybridized carbons (Fsp3) is 0. The zero-order valence-electron chi connectivity index (χ0n) is 23.1. The van der Waals surface area contributed by atoms with Crippen molar-refractivity contribution in [2.24, 2.45) is 4.99 Å². The van der Waals surface area contributed by atoms with Crippen LogP contribution in [0.3, 0.4) is 0 Å². The van der Waals surface area contributed by atoms with Crippen molar-refractivity contribution < 1.29 is 0 Å². The Morgan fingerprint density at radius 2 is 1.07 bits per heavy atom. The number of allylic oxidation sites excluding steroid dienone is 3. The van der Waals surface area contributed by atoms with Gasteiger partial charge in [0.1, 0.15) is 0 Å². The molecule has 0 aliphatic carbocycles. The highest BCUT2D eigenvalue weighted by Crippen LogP contribution is 2.38. The Hall–Kier alpha value is -5.60. The maximum atomic E-state index is 8.75. The molecule has 0 atom stereocenters. The lowest BCUT2D eigenvalue weighted by molar-refractivity contribution is 1.43. The zero-order chi connectivity index (χ0) is 28.5. The van der Waals surface area contributed by atoms with Gasteiger partial charge in [-0.1, -0.05) is 134 Å². The molecule has 0 amide bonds. The first-order valence-corrected chi connectivity index (χ1v) is 14.1. The van der Waals surface area contributed by atoms with Gasteiger partial charge in [-0.25, -0.2) is 4.99 Å². The molecule has 2 heteroatoms. The molecule has 1 N–H and O–H groups in total. The van der Waals surface area contributed by atoms with Crippen molar-refractivity contribution in [2.45, 2.75) is 0 Å². The van der Waals surface area contributed by atoms with E-state index in [4.69, 9.17) is 5.41 Å². The van der Waals surface area contributed by atoms with E-state index in [-0.39, 0.29) is 5.84 Å². The second-order valence-corrected chi connectivity index (χ2v) is 10.4. The van der Waals surface area contributed by atoms with Gasteiger partial charge in [0.2, 0.25) is 0 Å². The highest BCUT2D eigenvalue weighted by atomic mass is 14.8. The van der Waals surface area contributed by atoms with Crippen LogP contribution in [0.2, 0.25) is 0 Å². The molecule has 0 aliphatic rings. The molecule has 0 aromatic heterocycles. The minimum atomic E-state index is 0.224. The van der Waals surface area contributed by atoms with E-state index in [1.807, 2.05) is 18.2 Å². The molecule has 0 bridgehead atoms. The first-order chi connectivity index (χ1) is 20.7. The second kappa shape index (κ2) is 10.8. The largest absolute Gasteiger partial charge is 0.282 e. The molecule has 0 saturated carbocycles. The Kier molecular flexibility index (Phi) is 6.50. The first-order valence-electron chi connectivity index (χ1n) is 14.1. The number of fused-ring (bicyclic) bond motifs is 7. The average Bonchev–Trinajstić information content (AvgIpc) is 3.06. The van der Waals surface area contributed by atoms with Crippen LogP contribution in [0.15, 0.2) is 157 Å². The Morgan fingerprint density at radius 1 is 0.524 bits per heavy atom. The summed E-state index contributed by atoms with van der Waals surface area (Å²) < 4.78 is 0. The van der Waals surface area contributed by atoms with Crippen molar-refractivity contribution >= 4 is 55.1 Å². The molecule has 0 aliphatic heterocycles. The standard InChI is InChI=1S/C40H28N2/c1-2-3-10-25-42-40(41)37-24-21-28-11-4-5-12-31(28)39(37)29-19-17-27(18-20-29)30-22-23-36-34-15-7-6-13-32(34)33-14-8-9-16-35(33)38(36)26-30/h2-26,41H,1H2/b10-3+,41-40?,42-25?. The summed E-state index contributed by atoms with van der Waals surface area (Å²) in [5.41, 5.74) is 5.21. The van der Waals surface area contributed by atoms with Crippen molar-refractivity contribution in [1.29, 1.82) is 5.41 Å². The number of benzene rings is 7. The Balaban J connectivity index is 1.35. The van der Waals surface area contributed by atoms with Gasteiger partial charge in [0.25, 0.3) is 0 Å². The molecule has 0 saturated heterocycles. The SMILES string of the molecule is C=C/C=C/C=NC(=N)c1ccc2ccccc2c1-c1ccc(-c2ccc3c4ccccc4c4ccccc4c3c2)cc1. The molecular formula is C40H28N2. The number of nitrogens with zero attached hydrogens (tertiary/aromatic N) is 1. The van der Waals surface area contributed by atoms with Crippen LogP contribution in [0, 0.1) is 5.41 Å². The van der Waals surface area contributed by atoms with Gasteiger partial charge in [-0.05, 0) is 78.0 Å². The van der Waals surface area contributed by atoms with E-state index in [1.54, 1.807) is 24.4 Å². The van der Waals surface area contributed by atoms with Gasteiger partial charge in [0.05, 0.1) is 0 Å². The molecule has 7 aromatic carbocycles. The highest BCUT2D eigenvalue weighted by Gasteiger charge is 2.14. The van der Waals surface area contributed by atoms with Crippen molar-refractivity contribution in [3.8, 4) is 22.3 Å². The summed E-state index contributed by atoms with van der Waals surface area (Å²) in [5.74, 6) is 0.224. The molecule has 198 valence electrons. The molecule has 0 radical (unpaired) electrons. The summed E-state index contributed by atoms with van der Waals surface area (Å²) in [6.07, 6.45) is 6.92. The maximum absolute atomic E-state index is 8.75. The molecule has 7 aromatic rings. The monoisotopic (exact) mass is 536 g/mol. The number of amidine groups is 1. The summed E-state index contributed by atoms with van der Waals surface area (Å²) in [5, 5.41) is 18.6. The predicted molar refractivity (Wildman–Crippen MR) is 182 cm³/mol. The van der Waals surface area contributed by atoms with Crippen LogP contribution in [0.4, 0.5) is 0 Å². The summed E-state index contributed by atoms with van der Waals surface area (Å²) >= 11 is 0. The molecule has 0 unspecified atom stereocenters. The van der Waals surface area contributed by atoms with Gasteiger partial charge in [0, 0.05) is 17.3 Å². The molecular weight excluding hydrogens is 508 g/mol. The molecule has 0 fully saturated rings. The fourth-order valence-corrected chi connectivity index (χ4v) is 6.01. The van der Waals surface area contributed by atoms with Crippen LogP contribution in [0.25, 0.3) is 65.3 Å². The average molecular weight is 537 g/mol. The summed E-state index contributed by atoms with van der Waals surface area (Å²) in [7, 11) is 0. The van der Waals surface area contributed by atoms with E-state index >= 15 is 0 Å². The number of hydrogen-bond acceptors (Lipinski definition) is 1. The van der Waals surface area contributed by atoms with E-state index in [1.165, 1.54) is 37.9 Å². The van der Waals surface area contributed by atoms with Crippen molar-refractivity contribution in [1.82, 2.24) is 0 Å². The molecule has 2 nitrogen and oxygen atoms in total. The van der Waals surface area contributed by atoms with Crippen LogP contribution in [-0.2, 0) is 0 Å². The summed E-state index contributed by atoms with van der Waals surface area (Å²) in [6, 6.07) is 45.3. The number of rotatable bonds is 5. The van der Waals surface area contributed by atoms with Crippen molar-refractivity contribution in [3.63, 3.8) is 0 Å². The molecule has 7 rings (SSSR count). The van der Waals surface area contributed by atoms with Gasteiger partial charge < -0.3 is 0 Å². The Bertz CT molecular complexity index is 2180. The smallest absolute Gasteiger partial charge is 0.152 e. The van der Waals surface area contributed by atoms with E-state index in [9.17, 15) is 0 Å². The second-order valence-electron chi connectivity index (χ2n) is 10.4. The molecule has 0 heterocycles. The maximum Gasteiger partial charge on any atom is 0.152 e. The number of aliphatic imine (C=N–C) groups is 1. The van der Waals surface area contributed by atoms with Crippen LogP contribution in [-0.4, -0.2) is 12.1 Å². The number of nitrogens with one attached hydrogen (secondary N) is 1. The van der Waals surface area contributed by atoms with Gasteiger partial charge in [0.15, 0.2) is 5.84 Å². The molecule has 42 heavy (non-hydrogen) atoms. The van der Waals surface area contributed by atoms with E-state index < -0.39 is 0 Å². The quantitative estimate of drug-likeness (QED) is 0.0983. The lowest BCUT2D eigenvalue weighted by Crippen LogP contribution is -2.00. The molecule has 0 spiro atoms. The minimum Gasteiger partial charge on any atom is -0.282 e. The topological polar surface area (TPSA) is 36.2 Å². The van der Waals surface area contributed by atoms with Gasteiger partial charge in [-0.2, -0.15) is 0 Å². The third kappa shape index (κ3) is 4.40.